The van der Waals surface area contributed by atoms with Gasteiger partial charge in [0.25, 0.3) is 0 Å². The fourth-order valence-electron chi connectivity index (χ4n) is 9.22. The Labute approximate surface area is 365 Å². The molecule has 10 aromatic carbocycles. The zero-order chi connectivity index (χ0) is 41.7. The zero-order valence-electron chi connectivity index (χ0n) is 34.2. The maximum Gasteiger partial charge on any atom is 0.159 e. The lowest BCUT2D eigenvalue weighted by molar-refractivity contribution is 0.663. The number of nitrogens with one attached hydrogen (secondary N) is 1. The first-order valence-corrected chi connectivity index (χ1v) is 21.4. The summed E-state index contributed by atoms with van der Waals surface area (Å²) in [4.78, 5) is 10.8. The van der Waals surface area contributed by atoms with Crippen LogP contribution in [0, 0.1) is 0 Å². The van der Waals surface area contributed by atoms with Gasteiger partial charge in [-0.05, 0) is 90.3 Å². The molecule has 0 bridgehead atoms. The van der Waals surface area contributed by atoms with Crippen LogP contribution in [0.2, 0.25) is 0 Å². The topological polar surface area (TPSA) is 49.9 Å². The van der Waals surface area contributed by atoms with Gasteiger partial charge >= 0.3 is 0 Å². The third-order valence-corrected chi connectivity index (χ3v) is 12.4. The summed E-state index contributed by atoms with van der Waals surface area (Å²) >= 11 is 0. The highest BCUT2D eigenvalue weighted by Gasteiger charge is 2.28. The number of nitrogens with zero attached hydrogens (tertiary/aromatic N) is 2. The number of rotatable bonds is 7. The number of hydrogen-bond donors (Lipinski definition) is 1. The standard InChI is InChI=1S/C59H39N3O/c1-2-12-38(13-3-1)40-24-26-41(27-25-40)46-18-10-19-47(36-46)51-34-35-54-55(52-21-8-9-23-53(52)63-54)56(51)59-61-57(60-58(62-59)48-33-28-39-14-4-5-16-45(39)37-48)44-31-29-43(30-32-44)50-22-11-17-42-15-6-7-20-49(42)50/h1-37,59H,(H,60,61,62). The average Bonchev–Trinajstić information content (AvgIpc) is 3.75. The summed E-state index contributed by atoms with van der Waals surface area (Å²) in [7, 11) is 0. The average molecular weight is 806 g/mol. The largest absolute Gasteiger partial charge is 0.456 e. The van der Waals surface area contributed by atoms with E-state index in [1.165, 1.54) is 32.8 Å². The Morgan fingerprint density at radius 1 is 0.365 bits per heavy atom. The predicted molar refractivity (Wildman–Crippen MR) is 262 cm³/mol. The molecule has 1 N–H and O–H groups in total. The van der Waals surface area contributed by atoms with Crippen LogP contribution in [0.25, 0.3) is 88.0 Å². The molecule has 11 aromatic rings. The number of para-hydroxylation sites is 1. The first kappa shape index (κ1) is 36.5. The Kier molecular flexibility index (Phi) is 8.86. The number of aliphatic imine (C=N–C) groups is 2. The molecule has 63 heavy (non-hydrogen) atoms. The Morgan fingerprint density at radius 3 is 1.81 bits per heavy atom. The summed E-state index contributed by atoms with van der Waals surface area (Å²) in [5.74, 6) is 1.42. The zero-order valence-corrected chi connectivity index (χ0v) is 34.2. The van der Waals surface area contributed by atoms with Gasteiger partial charge in [0.05, 0.1) is 0 Å². The summed E-state index contributed by atoms with van der Waals surface area (Å²) in [6.45, 7) is 0. The molecule has 1 aliphatic heterocycles. The maximum absolute atomic E-state index is 6.57. The molecule has 4 heteroatoms. The van der Waals surface area contributed by atoms with Gasteiger partial charge in [0.1, 0.15) is 23.2 Å². The van der Waals surface area contributed by atoms with Gasteiger partial charge in [0, 0.05) is 27.5 Å². The highest BCUT2D eigenvalue weighted by Crippen LogP contribution is 2.42. The third kappa shape index (κ3) is 6.66. The minimum Gasteiger partial charge on any atom is -0.456 e. The van der Waals surface area contributed by atoms with Gasteiger partial charge in [-0.2, -0.15) is 0 Å². The molecule has 1 atom stereocenters. The van der Waals surface area contributed by atoms with Gasteiger partial charge in [-0.3, -0.25) is 0 Å². The van der Waals surface area contributed by atoms with Crippen LogP contribution in [-0.4, -0.2) is 11.7 Å². The van der Waals surface area contributed by atoms with E-state index in [1.54, 1.807) is 0 Å². The highest BCUT2D eigenvalue weighted by molar-refractivity contribution is 6.15. The lowest BCUT2D eigenvalue weighted by Crippen LogP contribution is -2.34. The van der Waals surface area contributed by atoms with E-state index >= 15 is 0 Å². The number of furan rings is 1. The van der Waals surface area contributed by atoms with Crippen LogP contribution in [0.3, 0.4) is 0 Å². The fraction of sp³-hybridized carbons (Fsp3) is 0.0169. The smallest absolute Gasteiger partial charge is 0.159 e. The molecular weight excluding hydrogens is 767 g/mol. The van der Waals surface area contributed by atoms with Crippen LogP contribution in [0.5, 0.6) is 0 Å². The van der Waals surface area contributed by atoms with Crippen molar-refractivity contribution in [2.45, 2.75) is 6.17 Å². The van der Waals surface area contributed by atoms with Crippen LogP contribution in [0.4, 0.5) is 0 Å². The fourth-order valence-corrected chi connectivity index (χ4v) is 9.22. The van der Waals surface area contributed by atoms with E-state index in [0.29, 0.717) is 5.84 Å². The summed E-state index contributed by atoms with van der Waals surface area (Å²) in [6.07, 6.45) is -0.509. The maximum atomic E-state index is 6.57. The monoisotopic (exact) mass is 805 g/mol. The Bertz CT molecular complexity index is 3580. The molecule has 296 valence electrons. The van der Waals surface area contributed by atoms with Crippen molar-refractivity contribution < 1.29 is 4.42 Å². The van der Waals surface area contributed by atoms with Crippen molar-refractivity contribution >= 4 is 55.2 Å². The van der Waals surface area contributed by atoms with E-state index in [0.717, 1.165) is 77.7 Å². The molecule has 0 spiro atoms. The SMILES string of the molecule is c1ccc(-c2ccc(-c3cccc(-c4ccc5oc6ccccc6c5c4C4N=C(c5ccc6ccccc6c5)N=C(c5ccc(-c6cccc7ccccc67)cc5)N4)c3)cc2)cc1. The molecule has 4 nitrogen and oxygen atoms in total. The molecule has 0 saturated heterocycles. The summed E-state index contributed by atoms with van der Waals surface area (Å²) in [5, 5.41) is 10.7. The predicted octanol–water partition coefficient (Wildman–Crippen LogP) is 15.1. The molecule has 0 radical (unpaired) electrons. The van der Waals surface area contributed by atoms with Crippen LogP contribution < -0.4 is 5.32 Å². The summed E-state index contributed by atoms with van der Waals surface area (Å²) in [5.41, 5.74) is 13.8. The first-order valence-electron chi connectivity index (χ1n) is 21.4. The molecule has 0 amide bonds. The first-order chi connectivity index (χ1) is 31.2. The van der Waals surface area contributed by atoms with Crippen LogP contribution in [-0.2, 0) is 0 Å². The molecule has 1 aromatic heterocycles. The van der Waals surface area contributed by atoms with E-state index in [9.17, 15) is 0 Å². The molecular formula is C59H39N3O. The Hall–Kier alpha value is -8.34. The van der Waals surface area contributed by atoms with Crippen LogP contribution in [0.1, 0.15) is 22.9 Å². The van der Waals surface area contributed by atoms with Crippen LogP contribution in [0.15, 0.2) is 239 Å². The van der Waals surface area contributed by atoms with Gasteiger partial charge in [0.15, 0.2) is 5.84 Å². The van der Waals surface area contributed by atoms with Gasteiger partial charge in [-0.1, -0.05) is 200 Å². The second-order valence-electron chi connectivity index (χ2n) is 16.1. The quantitative estimate of drug-likeness (QED) is 0.174. The molecule has 12 rings (SSSR count). The van der Waals surface area contributed by atoms with Gasteiger partial charge in [0.2, 0.25) is 0 Å². The minimum absolute atomic E-state index is 0.509. The van der Waals surface area contributed by atoms with Crippen molar-refractivity contribution in [1.82, 2.24) is 5.32 Å². The molecule has 1 aliphatic rings. The molecule has 0 fully saturated rings. The number of fused-ring (bicyclic) bond motifs is 5. The van der Waals surface area contributed by atoms with Crippen molar-refractivity contribution in [3.05, 3.63) is 241 Å². The van der Waals surface area contributed by atoms with E-state index in [2.05, 4.69) is 218 Å². The molecule has 0 aliphatic carbocycles. The van der Waals surface area contributed by atoms with E-state index in [4.69, 9.17) is 14.4 Å². The molecule has 2 heterocycles. The third-order valence-electron chi connectivity index (χ3n) is 12.4. The normalized spacial score (nSPS) is 13.9. The second-order valence-corrected chi connectivity index (χ2v) is 16.1. The highest BCUT2D eigenvalue weighted by atomic mass is 16.3. The number of benzene rings is 10. The van der Waals surface area contributed by atoms with E-state index in [-0.39, 0.29) is 0 Å². The number of amidine groups is 2. The lowest BCUT2D eigenvalue weighted by Gasteiger charge is -2.26. The van der Waals surface area contributed by atoms with Gasteiger partial charge < -0.3 is 9.73 Å². The molecule has 0 saturated carbocycles. The van der Waals surface area contributed by atoms with Crippen molar-refractivity contribution in [2.24, 2.45) is 9.98 Å². The van der Waals surface area contributed by atoms with Crippen molar-refractivity contribution in [1.29, 1.82) is 0 Å². The van der Waals surface area contributed by atoms with Gasteiger partial charge in [-0.15, -0.1) is 0 Å². The number of hydrogen-bond acceptors (Lipinski definition) is 4. The van der Waals surface area contributed by atoms with E-state index in [1.807, 2.05) is 12.1 Å². The summed E-state index contributed by atoms with van der Waals surface area (Å²) in [6, 6.07) is 79.5. The Balaban J connectivity index is 1.01. The van der Waals surface area contributed by atoms with Crippen molar-refractivity contribution in [2.75, 3.05) is 0 Å². The molecule has 1 unspecified atom stereocenters. The van der Waals surface area contributed by atoms with E-state index < -0.39 is 6.17 Å². The van der Waals surface area contributed by atoms with Gasteiger partial charge in [-0.25, -0.2) is 9.98 Å². The van der Waals surface area contributed by atoms with Crippen LogP contribution >= 0.6 is 0 Å². The van der Waals surface area contributed by atoms with Crippen molar-refractivity contribution in [3.8, 4) is 44.5 Å². The lowest BCUT2D eigenvalue weighted by atomic mass is 9.91. The second kappa shape index (κ2) is 15.3. The Morgan fingerprint density at radius 2 is 0.968 bits per heavy atom. The minimum atomic E-state index is -0.509. The van der Waals surface area contributed by atoms with Crippen molar-refractivity contribution in [3.63, 3.8) is 0 Å². The summed E-state index contributed by atoms with van der Waals surface area (Å²) < 4.78 is 6.57.